The zero-order valence-corrected chi connectivity index (χ0v) is 20.5. The normalized spacial score (nSPS) is 16.4. The fourth-order valence-corrected chi connectivity index (χ4v) is 5.61. The van der Waals surface area contributed by atoms with E-state index in [2.05, 4.69) is 59.4 Å². The molecule has 2 aromatic heterocycles. The van der Waals surface area contributed by atoms with E-state index in [4.69, 9.17) is 15.2 Å². The lowest BCUT2D eigenvalue weighted by atomic mass is 10.1. The Kier molecular flexibility index (Phi) is 7.18. The molecule has 32 heavy (non-hydrogen) atoms. The third-order valence-corrected chi connectivity index (χ3v) is 7.32. The van der Waals surface area contributed by atoms with Gasteiger partial charge in [-0.1, -0.05) is 38.4 Å². The van der Waals surface area contributed by atoms with Crippen LogP contribution in [0.4, 0.5) is 0 Å². The lowest BCUT2D eigenvalue weighted by Crippen LogP contribution is -2.35. The number of thiophene rings is 1. The Labute approximate surface area is 198 Å². The standard InChI is InChI=1S/C25H31N3O2S2/c1-5-22(17(4)26)30-25-14-18-13-23(20(15-21(18)27-25)24-7-6-12-31-24)29-19-8-10-28(11-9-19)32-16(2)3/h5-7,12-16,19,27H,1,8-11,26H2,2-4H3/b22-17-. The molecule has 0 radical (unpaired) electrons. The highest BCUT2D eigenvalue weighted by atomic mass is 32.2. The minimum absolute atomic E-state index is 0.222. The first-order valence-electron chi connectivity index (χ1n) is 11.0. The molecular weight excluding hydrogens is 438 g/mol. The minimum Gasteiger partial charge on any atom is -0.490 e. The number of H-pyrrole nitrogens is 1. The van der Waals surface area contributed by atoms with Crippen molar-refractivity contribution >= 4 is 34.2 Å². The van der Waals surface area contributed by atoms with Crippen molar-refractivity contribution in [3.05, 3.63) is 59.8 Å². The second kappa shape index (κ2) is 10.1. The maximum atomic E-state index is 6.59. The maximum absolute atomic E-state index is 6.59. The van der Waals surface area contributed by atoms with E-state index in [1.54, 1.807) is 24.3 Å². The Morgan fingerprint density at radius 1 is 1.31 bits per heavy atom. The van der Waals surface area contributed by atoms with Gasteiger partial charge in [-0.25, -0.2) is 0 Å². The number of aromatic amines is 1. The summed E-state index contributed by atoms with van der Waals surface area (Å²) >= 11 is 3.66. The quantitative estimate of drug-likeness (QED) is 0.222. The summed E-state index contributed by atoms with van der Waals surface area (Å²) in [6.07, 6.45) is 3.91. The monoisotopic (exact) mass is 469 g/mol. The Balaban J connectivity index is 1.60. The Morgan fingerprint density at radius 2 is 2.09 bits per heavy atom. The average Bonchev–Trinajstić information content (AvgIpc) is 3.41. The van der Waals surface area contributed by atoms with E-state index in [1.165, 1.54) is 4.88 Å². The molecule has 0 saturated carbocycles. The second-order valence-electron chi connectivity index (χ2n) is 8.30. The van der Waals surface area contributed by atoms with Crippen LogP contribution in [0.1, 0.15) is 33.6 Å². The van der Waals surface area contributed by atoms with E-state index < -0.39 is 0 Å². The van der Waals surface area contributed by atoms with Gasteiger partial charge in [-0.05, 0) is 49.4 Å². The van der Waals surface area contributed by atoms with Crippen LogP contribution >= 0.6 is 23.3 Å². The Bertz CT molecular complexity index is 1090. The van der Waals surface area contributed by atoms with E-state index in [-0.39, 0.29) is 6.10 Å². The summed E-state index contributed by atoms with van der Waals surface area (Å²) in [6, 6.07) is 10.5. The van der Waals surface area contributed by atoms with Crippen LogP contribution in [0.25, 0.3) is 21.3 Å². The van der Waals surface area contributed by atoms with Crippen LogP contribution in [0, 0.1) is 0 Å². The SMILES string of the molecule is C=C/C(Oc1cc2cc(OC3CCN(SC(C)C)CC3)c(-c3cccs3)cc2[nH]1)=C(\C)N. The molecule has 5 nitrogen and oxygen atoms in total. The molecule has 1 saturated heterocycles. The largest absolute Gasteiger partial charge is 0.490 e. The molecule has 170 valence electrons. The van der Waals surface area contributed by atoms with Gasteiger partial charge in [-0.3, -0.25) is 4.31 Å². The molecule has 1 fully saturated rings. The molecule has 1 aromatic carbocycles. The van der Waals surface area contributed by atoms with Crippen LogP contribution in [0.2, 0.25) is 0 Å². The molecule has 0 spiro atoms. The maximum Gasteiger partial charge on any atom is 0.198 e. The number of rotatable bonds is 8. The molecule has 1 aliphatic rings. The Morgan fingerprint density at radius 3 is 2.72 bits per heavy atom. The first kappa shape index (κ1) is 22.8. The highest BCUT2D eigenvalue weighted by molar-refractivity contribution is 7.97. The van der Waals surface area contributed by atoms with Gasteiger partial charge in [-0.15, -0.1) is 11.3 Å². The zero-order chi connectivity index (χ0) is 22.7. The molecule has 3 aromatic rings. The van der Waals surface area contributed by atoms with Crippen LogP contribution in [-0.4, -0.2) is 33.7 Å². The number of hydrogen-bond acceptors (Lipinski definition) is 6. The molecule has 7 heteroatoms. The predicted octanol–water partition coefficient (Wildman–Crippen LogP) is 6.55. The number of hydrogen-bond donors (Lipinski definition) is 2. The molecule has 0 amide bonds. The van der Waals surface area contributed by atoms with Crippen molar-refractivity contribution in [3.63, 3.8) is 0 Å². The van der Waals surface area contributed by atoms with E-state index in [1.807, 2.05) is 18.0 Å². The van der Waals surface area contributed by atoms with Crippen LogP contribution < -0.4 is 15.2 Å². The van der Waals surface area contributed by atoms with E-state index >= 15 is 0 Å². The summed E-state index contributed by atoms with van der Waals surface area (Å²) in [5, 5.41) is 3.75. The van der Waals surface area contributed by atoms with Gasteiger partial charge < -0.3 is 20.2 Å². The number of nitrogens with zero attached hydrogens (tertiary/aromatic N) is 1. The van der Waals surface area contributed by atoms with Crippen LogP contribution in [0.15, 0.2) is 59.8 Å². The topological polar surface area (TPSA) is 63.5 Å². The number of nitrogens with one attached hydrogen (secondary N) is 1. The molecule has 0 atom stereocenters. The van der Waals surface area contributed by atoms with Gasteiger partial charge in [0.25, 0.3) is 0 Å². The molecule has 0 bridgehead atoms. The number of allylic oxidation sites excluding steroid dienone is 2. The van der Waals surface area contributed by atoms with Gasteiger partial charge in [0.1, 0.15) is 17.6 Å². The fraction of sp³-hybridized carbons (Fsp3) is 0.360. The predicted molar refractivity (Wildman–Crippen MR) is 137 cm³/mol. The number of benzene rings is 1. The molecule has 0 unspecified atom stereocenters. The van der Waals surface area contributed by atoms with E-state index in [0.29, 0.717) is 22.6 Å². The fourth-order valence-electron chi connectivity index (χ4n) is 3.84. The molecular formula is C25H31N3O2S2. The third-order valence-electron chi connectivity index (χ3n) is 5.33. The second-order valence-corrected chi connectivity index (χ2v) is 10.9. The number of piperidine rings is 1. The molecule has 3 N–H and O–H groups in total. The summed E-state index contributed by atoms with van der Waals surface area (Å²) in [6.45, 7) is 12.2. The van der Waals surface area contributed by atoms with Crippen molar-refractivity contribution in [2.75, 3.05) is 13.1 Å². The molecule has 0 aliphatic carbocycles. The number of fused-ring (bicyclic) bond motifs is 1. The first-order valence-corrected chi connectivity index (χ1v) is 12.7. The highest BCUT2D eigenvalue weighted by Gasteiger charge is 2.23. The van der Waals surface area contributed by atoms with Crippen molar-refractivity contribution in [2.45, 2.75) is 45.0 Å². The summed E-state index contributed by atoms with van der Waals surface area (Å²) < 4.78 is 15.0. The van der Waals surface area contributed by atoms with Gasteiger partial charge in [0.15, 0.2) is 5.88 Å². The van der Waals surface area contributed by atoms with E-state index in [9.17, 15) is 0 Å². The molecule has 1 aliphatic heterocycles. The summed E-state index contributed by atoms with van der Waals surface area (Å²) in [4.78, 5) is 4.54. The van der Waals surface area contributed by atoms with Crippen LogP contribution in [0.3, 0.4) is 0 Å². The van der Waals surface area contributed by atoms with Crippen molar-refractivity contribution in [2.24, 2.45) is 5.73 Å². The highest BCUT2D eigenvalue weighted by Crippen LogP contribution is 2.39. The average molecular weight is 470 g/mol. The van der Waals surface area contributed by atoms with Gasteiger partial charge in [0.05, 0.1) is 0 Å². The number of aromatic nitrogens is 1. The molecule has 4 rings (SSSR count). The van der Waals surface area contributed by atoms with Gasteiger partial charge >= 0.3 is 0 Å². The van der Waals surface area contributed by atoms with Crippen LogP contribution in [0.5, 0.6) is 11.6 Å². The van der Waals surface area contributed by atoms with Gasteiger partial charge in [-0.2, -0.15) is 0 Å². The minimum atomic E-state index is 0.222. The smallest absolute Gasteiger partial charge is 0.198 e. The van der Waals surface area contributed by atoms with Gasteiger partial charge in [0, 0.05) is 51.4 Å². The van der Waals surface area contributed by atoms with Crippen LogP contribution in [-0.2, 0) is 0 Å². The van der Waals surface area contributed by atoms with Crippen molar-refractivity contribution in [1.82, 2.24) is 9.29 Å². The lowest BCUT2D eigenvalue weighted by molar-refractivity contribution is 0.139. The lowest BCUT2D eigenvalue weighted by Gasteiger charge is -2.32. The summed E-state index contributed by atoms with van der Waals surface area (Å²) in [5.41, 5.74) is 8.58. The first-order chi connectivity index (χ1) is 15.4. The third kappa shape index (κ3) is 5.34. The summed E-state index contributed by atoms with van der Waals surface area (Å²) in [7, 11) is 0. The Hall–Kier alpha value is -2.35. The van der Waals surface area contributed by atoms with Crippen molar-refractivity contribution in [1.29, 1.82) is 0 Å². The zero-order valence-electron chi connectivity index (χ0n) is 18.9. The van der Waals surface area contributed by atoms with Gasteiger partial charge in [0.2, 0.25) is 0 Å². The summed E-state index contributed by atoms with van der Waals surface area (Å²) in [5.74, 6) is 2.11. The molecule has 3 heterocycles. The number of nitrogens with two attached hydrogens (primary N) is 1. The number of ether oxygens (including phenoxy) is 2. The van der Waals surface area contributed by atoms with Crippen molar-refractivity contribution in [3.8, 4) is 22.1 Å². The van der Waals surface area contributed by atoms with Crippen molar-refractivity contribution < 1.29 is 9.47 Å². The van der Waals surface area contributed by atoms with E-state index in [0.717, 1.165) is 48.1 Å².